The van der Waals surface area contributed by atoms with Crippen LogP contribution < -0.4 is 4.74 Å². The van der Waals surface area contributed by atoms with E-state index < -0.39 is 6.10 Å². The van der Waals surface area contributed by atoms with Gasteiger partial charge in [0.05, 0.1) is 0 Å². The number of likely N-dealkylation sites (N-methyl/N-ethyl adjacent to an activating group) is 1. The van der Waals surface area contributed by atoms with Crippen molar-refractivity contribution in [2.45, 2.75) is 45.8 Å². The zero-order valence-corrected chi connectivity index (χ0v) is 17.9. The summed E-state index contributed by atoms with van der Waals surface area (Å²) in [5.41, 5.74) is 1.30. The Hall–Kier alpha value is -1.14. The van der Waals surface area contributed by atoms with Crippen LogP contribution in [-0.4, -0.2) is 84.9 Å². The van der Waals surface area contributed by atoms with E-state index in [9.17, 15) is 5.11 Å². The second-order valence-corrected chi connectivity index (χ2v) is 8.53. The zero-order valence-electron chi connectivity index (χ0n) is 17.9. The number of ether oxygens (including phenoxy) is 1. The fourth-order valence-corrected chi connectivity index (χ4v) is 4.04. The molecule has 0 amide bonds. The molecule has 1 saturated heterocycles. The number of β-amino-alcohol motifs (C(OH)–C–C–N with tert-alkyl or cyclic N) is 1. The Morgan fingerprint density at radius 3 is 2.57 bits per heavy atom. The molecule has 1 aromatic rings. The van der Waals surface area contributed by atoms with Crippen LogP contribution in [0.4, 0.5) is 0 Å². The first-order valence-corrected chi connectivity index (χ1v) is 11.2. The molecule has 158 valence electrons. The monoisotopic (exact) mass is 389 g/mol. The number of rotatable bonds is 12. The van der Waals surface area contributed by atoms with Gasteiger partial charge in [-0.05, 0) is 56.0 Å². The Balaban J connectivity index is 1.42. The van der Waals surface area contributed by atoms with Gasteiger partial charge in [0.1, 0.15) is 18.5 Å². The summed E-state index contributed by atoms with van der Waals surface area (Å²) in [4.78, 5) is 7.37. The van der Waals surface area contributed by atoms with Gasteiger partial charge in [-0.3, -0.25) is 9.80 Å². The van der Waals surface area contributed by atoms with Gasteiger partial charge in [0.15, 0.2) is 0 Å². The van der Waals surface area contributed by atoms with Crippen molar-refractivity contribution in [1.29, 1.82) is 0 Å². The predicted molar refractivity (Wildman–Crippen MR) is 115 cm³/mol. The van der Waals surface area contributed by atoms with Crippen LogP contribution in [0.15, 0.2) is 24.3 Å². The largest absolute Gasteiger partial charge is 0.491 e. The van der Waals surface area contributed by atoms with Crippen molar-refractivity contribution in [3.05, 3.63) is 29.8 Å². The van der Waals surface area contributed by atoms with E-state index in [2.05, 4.69) is 46.7 Å². The second kappa shape index (κ2) is 11.1. The third kappa shape index (κ3) is 7.36. The minimum atomic E-state index is -0.441. The number of aliphatic hydroxyl groups is 1. The molecule has 3 rings (SSSR count). The predicted octanol–water partition coefficient (Wildman–Crippen LogP) is 2.69. The van der Waals surface area contributed by atoms with Gasteiger partial charge in [0.2, 0.25) is 0 Å². The fraction of sp³-hybridized carbons (Fsp3) is 0.739. The first kappa shape index (κ1) is 21.6. The lowest BCUT2D eigenvalue weighted by molar-refractivity contribution is 0.0470. The standard InChI is InChI=1S/C23H39N3O2/c1-3-10-26(16-20-8-9-20)17-21-6-5-7-23(15-21)28-19-22(27)18-25-13-11-24(4-2)12-14-25/h5-7,15,20,22,27H,3-4,8-14,16-19H2,1-2H3/t22-/m1/s1. The minimum absolute atomic E-state index is 0.359. The van der Waals surface area contributed by atoms with Gasteiger partial charge in [0.25, 0.3) is 0 Å². The number of hydrogen-bond donors (Lipinski definition) is 1. The molecule has 1 aromatic carbocycles. The zero-order chi connectivity index (χ0) is 19.8. The number of hydrogen-bond acceptors (Lipinski definition) is 5. The number of piperazine rings is 1. The summed E-state index contributed by atoms with van der Waals surface area (Å²) < 4.78 is 5.92. The van der Waals surface area contributed by atoms with Gasteiger partial charge >= 0.3 is 0 Å². The minimum Gasteiger partial charge on any atom is -0.491 e. The highest BCUT2D eigenvalue weighted by atomic mass is 16.5. The molecule has 0 radical (unpaired) electrons. The van der Waals surface area contributed by atoms with Crippen molar-refractivity contribution in [2.24, 2.45) is 5.92 Å². The van der Waals surface area contributed by atoms with Crippen molar-refractivity contribution >= 4 is 0 Å². The fourth-order valence-electron chi connectivity index (χ4n) is 4.04. The quantitative estimate of drug-likeness (QED) is 0.595. The molecule has 5 nitrogen and oxygen atoms in total. The molecule has 1 N–H and O–H groups in total. The van der Waals surface area contributed by atoms with Crippen LogP contribution in [0.3, 0.4) is 0 Å². The summed E-state index contributed by atoms with van der Waals surface area (Å²) in [6.45, 7) is 14.3. The molecule has 1 heterocycles. The highest BCUT2D eigenvalue weighted by molar-refractivity contribution is 5.28. The molecular formula is C23H39N3O2. The van der Waals surface area contributed by atoms with E-state index >= 15 is 0 Å². The summed E-state index contributed by atoms with van der Waals surface area (Å²) in [7, 11) is 0. The highest BCUT2D eigenvalue weighted by Gasteiger charge is 2.24. The normalized spacial score (nSPS) is 19.9. The summed E-state index contributed by atoms with van der Waals surface area (Å²) in [5.74, 6) is 1.79. The lowest BCUT2D eigenvalue weighted by atomic mass is 10.2. The van der Waals surface area contributed by atoms with Gasteiger partial charge in [-0.25, -0.2) is 0 Å². The molecule has 1 aliphatic heterocycles. The molecule has 2 fully saturated rings. The van der Waals surface area contributed by atoms with Crippen LogP contribution >= 0.6 is 0 Å². The Bertz CT molecular complexity index is 571. The molecule has 0 unspecified atom stereocenters. The van der Waals surface area contributed by atoms with E-state index in [1.807, 2.05) is 6.07 Å². The van der Waals surface area contributed by atoms with E-state index in [4.69, 9.17) is 4.74 Å². The summed E-state index contributed by atoms with van der Waals surface area (Å²) in [6.07, 6.45) is 3.55. The molecule has 1 aliphatic carbocycles. The van der Waals surface area contributed by atoms with Crippen LogP contribution in [-0.2, 0) is 6.54 Å². The highest BCUT2D eigenvalue weighted by Crippen LogP contribution is 2.30. The first-order valence-electron chi connectivity index (χ1n) is 11.2. The van der Waals surface area contributed by atoms with Crippen LogP contribution in [0.1, 0.15) is 38.7 Å². The number of nitrogens with zero attached hydrogens (tertiary/aromatic N) is 3. The molecular weight excluding hydrogens is 350 g/mol. The maximum atomic E-state index is 10.4. The van der Waals surface area contributed by atoms with Crippen LogP contribution in [0, 0.1) is 5.92 Å². The Morgan fingerprint density at radius 2 is 1.89 bits per heavy atom. The SMILES string of the molecule is CCCN(Cc1cccc(OC[C@H](O)CN2CCN(CC)CC2)c1)CC1CC1. The topological polar surface area (TPSA) is 39.2 Å². The van der Waals surface area contributed by atoms with Crippen molar-refractivity contribution in [2.75, 3.05) is 59.0 Å². The second-order valence-electron chi connectivity index (χ2n) is 8.53. The molecule has 1 saturated carbocycles. The van der Waals surface area contributed by atoms with Crippen LogP contribution in [0.5, 0.6) is 5.75 Å². The third-order valence-corrected chi connectivity index (χ3v) is 5.88. The maximum Gasteiger partial charge on any atom is 0.119 e. The van der Waals surface area contributed by atoms with E-state index in [1.165, 1.54) is 31.4 Å². The molecule has 0 aromatic heterocycles. The molecule has 0 bridgehead atoms. The molecule has 5 heteroatoms. The summed E-state index contributed by atoms with van der Waals surface area (Å²) >= 11 is 0. The molecule has 0 spiro atoms. The number of aliphatic hydroxyl groups excluding tert-OH is 1. The van der Waals surface area contributed by atoms with E-state index in [0.717, 1.165) is 57.5 Å². The van der Waals surface area contributed by atoms with Crippen molar-refractivity contribution in [3.8, 4) is 5.75 Å². The first-order chi connectivity index (χ1) is 13.7. The molecule has 2 aliphatic rings. The average Bonchev–Trinajstić information content (AvgIpc) is 3.51. The van der Waals surface area contributed by atoms with Crippen molar-refractivity contribution in [1.82, 2.24) is 14.7 Å². The van der Waals surface area contributed by atoms with Gasteiger partial charge < -0.3 is 14.7 Å². The Kier molecular flexibility index (Phi) is 8.59. The van der Waals surface area contributed by atoms with Gasteiger partial charge in [-0.1, -0.05) is 26.0 Å². The summed E-state index contributed by atoms with van der Waals surface area (Å²) in [6, 6.07) is 8.40. The van der Waals surface area contributed by atoms with Gasteiger partial charge in [-0.15, -0.1) is 0 Å². The van der Waals surface area contributed by atoms with Gasteiger partial charge in [-0.2, -0.15) is 0 Å². The average molecular weight is 390 g/mol. The van der Waals surface area contributed by atoms with Crippen molar-refractivity contribution < 1.29 is 9.84 Å². The molecule has 28 heavy (non-hydrogen) atoms. The smallest absolute Gasteiger partial charge is 0.119 e. The Labute approximate surface area is 171 Å². The Morgan fingerprint density at radius 1 is 1.14 bits per heavy atom. The van der Waals surface area contributed by atoms with E-state index in [1.54, 1.807) is 0 Å². The van der Waals surface area contributed by atoms with Crippen molar-refractivity contribution in [3.63, 3.8) is 0 Å². The van der Waals surface area contributed by atoms with Gasteiger partial charge in [0, 0.05) is 45.8 Å². The summed E-state index contributed by atoms with van der Waals surface area (Å²) in [5, 5.41) is 10.4. The number of benzene rings is 1. The third-order valence-electron chi connectivity index (χ3n) is 5.88. The van der Waals surface area contributed by atoms with E-state index in [0.29, 0.717) is 13.2 Å². The molecule has 1 atom stereocenters. The van der Waals surface area contributed by atoms with Crippen LogP contribution in [0.25, 0.3) is 0 Å². The lowest BCUT2D eigenvalue weighted by Gasteiger charge is -2.34. The maximum absolute atomic E-state index is 10.4. The van der Waals surface area contributed by atoms with Crippen LogP contribution in [0.2, 0.25) is 0 Å². The van der Waals surface area contributed by atoms with E-state index in [-0.39, 0.29) is 0 Å². The lowest BCUT2D eigenvalue weighted by Crippen LogP contribution is -2.49.